The van der Waals surface area contributed by atoms with Gasteiger partial charge in [-0.05, 0) is 45.0 Å². The summed E-state index contributed by atoms with van der Waals surface area (Å²) in [4.78, 5) is 14.3. The van der Waals surface area contributed by atoms with Gasteiger partial charge in [0.15, 0.2) is 0 Å². The summed E-state index contributed by atoms with van der Waals surface area (Å²) in [7, 11) is -4.00. The molecule has 7 heteroatoms. The van der Waals surface area contributed by atoms with Crippen LogP contribution < -0.4 is 34.5 Å². The van der Waals surface area contributed by atoms with Gasteiger partial charge in [0.05, 0.1) is 10.8 Å². The maximum Gasteiger partial charge on any atom is 1.00 e. The molecule has 0 N–H and O–H groups in total. The van der Waals surface area contributed by atoms with E-state index in [-0.39, 0.29) is 40.0 Å². The van der Waals surface area contributed by atoms with E-state index in [1.165, 1.54) is 12.1 Å². The zero-order chi connectivity index (χ0) is 17.7. The molecule has 0 bridgehead atoms. The number of hydrogen-bond acceptors (Lipinski definition) is 4. The number of rotatable bonds is 6. The van der Waals surface area contributed by atoms with Gasteiger partial charge < -0.3 is 14.4 Å². The Labute approximate surface area is 171 Å². The third-order valence-electron chi connectivity index (χ3n) is 3.76. The van der Waals surface area contributed by atoms with E-state index in [0.29, 0.717) is 0 Å². The first-order chi connectivity index (χ1) is 11.4. The van der Waals surface area contributed by atoms with E-state index in [2.05, 4.69) is 9.62 Å². The van der Waals surface area contributed by atoms with E-state index in [1.54, 1.807) is 36.4 Å². The number of benzene rings is 2. The molecule has 2 aromatic carbocycles. The van der Waals surface area contributed by atoms with Gasteiger partial charge in [-0.25, -0.2) is 8.42 Å². The van der Waals surface area contributed by atoms with Crippen LogP contribution in [-0.2, 0) is 10.0 Å². The number of hydrogen-bond donors (Lipinski definition) is 0. The second-order valence-electron chi connectivity index (χ2n) is 5.40. The predicted octanol–water partition coefficient (Wildman–Crippen LogP) is 0.748. The SMILES string of the molecule is CCN(CC)c1ccc(C(=O)[N-]S(=O)(=O)c2ccc(C)cc2)cc1.[Na+]. The van der Waals surface area contributed by atoms with Crippen LogP contribution in [0.4, 0.5) is 5.69 Å². The van der Waals surface area contributed by atoms with Crippen molar-refractivity contribution in [2.24, 2.45) is 0 Å². The predicted molar refractivity (Wildman–Crippen MR) is 96.1 cm³/mol. The Hall–Kier alpha value is -1.34. The van der Waals surface area contributed by atoms with Crippen LogP contribution in [0.5, 0.6) is 0 Å². The summed E-state index contributed by atoms with van der Waals surface area (Å²) >= 11 is 0. The maximum atomic E-state index is 12.2. The molecule has 0 saturated carbocycles. The molecule has 2 aromatic rings. The minimum absolute atomic E-state index is 0. The molecule has 25 heavy (non-hydrogen) atoms. The van der Waals surface area contributed by atoms with E-state index < -0.39 is 15.9 Å². The minimum atomic E-state index is -4.00. The number of sulfonamides is 1. The van der Waals surface area contributed by atoms with Crippen LogP contribution in [0.3, 0.4) is 0 Å². The molecule has 0 radical (unpaired) electrons. The Balaban J connectivity index is 0.00000312. The monoisotopic (exact) mass is 368 g/mol. The minimum Gasteiger partial charge on any atom is -0.538 e. The molecule has 0 aliphatic carbocycles. The van der Waals surface area contributed by atoms with Crippen molar-refractivity contribution in [1.82, 2.24) is 0 Å². The first-order valence-corrected chi connectivity index (χ1v) is 9.25. The molecule has 0 aromatic heterocycles. The molecule has 0 atom stereocenters. The molecule has 128 valence electrons. The fourth-order valence-electron chi connectivity index (χ4n) is 2.33. The Morgan fingerprint density at radius 2 is 1.48 bits per heavy atom. The van der Waals surface area contributed by atoms with Crippen LogP contribution in [0.1, 0.15) is 29.8 Å². The fraction of sp³-hybridized carbons (Fsp3) is 0.278. The molecule has 2 rings (SSSR count). The zero-order valence-electron chi connectivity index (χ0n) is 15.1. The van der Waals surface area contributed by atoms with Crippen LogP contribution in [0.25, 0.3) is 4.72 Å². The number of carbonyl (C=O) groups excluding carboxylic acids is 1. The maximum absolute atomic E-state index is 12.2. The quantitative estimate of drug-likeness (QED) is 0.706. The summed E-state index contributed by atoms with van der Waals surface area (Å²) in [5, 5.41) is 0. The molecule has 0 saturated heterocycles. The smallest absolute Gasteiger partial charge is 0.538 e. The van der Waals surface area contributed by atoms with Crippen molar-refractivity contribution >= 4 is 21.6 Å². The molecule has 0 heterocycles. The number of amides is 1. The Morgan fingerprint density at radius 1 is 0.960 bits per heavy atom. The van der Waals surface area contributed by atoms with E-state index in [4.69, 9.17) is 0 Å². The van der Waals surface area contributed by atoms with E-state index in [1.807, 2.05) is 20.8 Å². The molecular weight excluding hydrogens is 347 g/mol. The van der Waals surface area contributed by atoms with Gasteiger partial charge in [-0.2, -0.15) is 0 Å². The van der Waals surface area contributed by atoms with Crippen molar-refractivity contribution in [2.45, 2.75) is 25.7 Å². The number of anilines is 1. The third-order valence-corrected chi connectivity index (χ3v) is 5.04. The number of nitrogens with zero attached hydrogens (tertiary/aromatic N) is 2. The van der Waals surface area contributed by atoms with Crippen LogP contribution in [0.15, 0.2) is 53.4 Å². The Bertz CT molecular complexity index is 799. The Morgan fingerprint density at radius 3 is 1.96 bits per heavy atom. The summed E-state index contributed by atoms with van der Waals surface area (Å²) in [6.45, 7) is 7.67. The van der Waals surface area contributed by atoms with Gasteiger partial charge in [0.25, 0.3) is 0 Å². The molecular formula is C18H21N2NaO3S. The first kappa shape index (κ1) is 21.7. The standard InChI is InChI=1S/C18H22N2O3S.Na/c1-4-20(5-2)16-10-8-15(9-11-16)18(21)19-24(22,23)17-12-6-14(3)7-13-17;/h6-13H,4-5H2,1-3H3,(H,19,21);/q;+1/p-1. The number of aryl methyl sites for hydroxylation is 1. The number of carbonyl (C=O) groups is 1. The van der Waals surface area contributed by atoms with E-state index in [9.17, 15) is 13.2 Å². The molecule has 0 aliphatic heterocycles. The van der Waals surface area contributed by atoms with Gasteiger partial charge in [0.2, 0.25) is 0 Å². The van der Waals surface area contributed by atoms with Crippen molar-refractivity contribution in [2.75, 3.05) is 18.0 Å². The molecule has 1 amide bonds. The Kier molecular flexibility index (Phi) is 8.15. The molecule has 5 nitrogen and oxygen atoms in total. The van der Waals surface area contributed by atoms with Crippen molar-refractivity contribution in [3.05, 3.63) is 64.4 Å². The van der Waals surface area contributed by atoms with Crippen molar-refractivity contribution in [3.8, 4) is 0 Å². The largest absolute Gasteiger partial charge is 1.00 e. The van der Waals surface area contributed by atoms with E-state index >= 15 is 0 Å². The van der Waals surface area contributed by atoms with Gasteiger partial charge in [-0.1, -0.05) is 29.8 Å². The van der Waals surface area contributed by atoms with Crippen LogP contribution >= 0.6 is 0 Å². The summed E-state index contributed by atoms with van der Waals surface area (Å²) in [5.74, 6) is -0.762. The average Bonchev–Trinajstić information content (AvgIpc) is 2.56. The first-order valence-electron chi connectivity index (χ1n) is 7.81. The van der Waals surface area contributed by atoms with Gasteiger partial charge >= 0.3 is 29.6 Å². The van der Waals surface area contributed by atoms with Gasteiger partial charge in [0, 0.05) is 24.3 Å². The van der Waals surface area contributed by atoms with Gasteiger partial charge in [-0.3, -0.25) is 0 Å². The summed E-state index contributed by atoms with van der Waals surface area (Å²) in [6, 6.07) is 13.0. The zero-order valence-corrected chi connectivity index (χ0v) is 17.9. The summed E-state index contributed by atoms with van der Waals surface area (Å²) in [5.41, 5.74) is 2.17. The summed E-state index contributed by atoms with van der Waals surface area (Å²) in [6.07, 6.45) is 0. The summed E-state index contributed by atoms with van der Waals surface area (Å²) < 4.78 is 27.8. The normalized spacial score (nSPS) is 10.7. The topological polar surface area (TPSA) is 68.6 Å². The molecule has 0 unspecified atom stereocenters. The second kappa shape index (κ2) is 9.38. The fourth-order valence-corrected chi connectivity index (χ4v) is 3.24. The van der Waals surface area contributed by atoms with Crippen molar-refractivity contribution < 1.29 is 42.8 Å². The van der Waals surface area contributed by atoms with Crippen LogP contribution in [0.2, 0.25) is 0 Å². The van der Waals surface area contributed by atoms with Crippen molar-refractivity contribution in [1.29, 1.82) is 0 Å². The average molecular weight is 368 g/mol. The third kappa shape index (κ3) is 5.57. The van der Waals surface area contributed by atoms with Gasteiger partial charge in [0.1, 0.15) is 10.0 Å². The molecule has 0 aliphatic rings. The van der Waals surface area contributed by atoms with Crippen LogP contribution in [-0.4, -0.2) is 27.4 Å². The molecule has 0 spiro atoms. The van der Waals surface area contributed by atoms with Crippen LogP contribution in [0, 0.1) is 6.92 Å². The molecule has 0 fully saturated rings. The van der Waals surface area contributed by atoms with E-state index in [0.717, 1.165) is 24.3 Å². The second-order valence-corrected chi connectivity index (χ2v) is 7.01. The van der Waals surface area contributed by atoms with Crippen molar-refractivity contribution in [3.63, 3.8) is 0 Å². The van der Waals surface area contributed by atoms with Gasteiger partial charge in [-0.15, -0.1) is 0 Å².